The van der Waals surface area contributed by atoms with Gasteiger partial charge in [0, 0.05) is 30.4 Å². The van der Waals surface area contributed by atoms with Gasteiger partial charge in [-0.05, 0) is 26.8 Å². The summed E-state index contributed by atoms with van der Waals surface area (Å²) in [7, 11) is 0. The van der Waals surface area contributed by atoms with Crippen molar-refractivity contribution in [1.29, 1.82) is 0 Å². The average molecular weight is 323 g/mol. The second-order valence-electron chi connectivity index (χ2n) is 5.21. The standard InChI is InChI=1S/C16H19F2N3O2/c1-4-21(5-2)15(22)13-9(3)19-16(23)20-14(13)11-7-6-10(17)8-12(11)18/h6-8,14H,4-5H2,1-3H3,(H2,19,20,23)/t14-/m0/s1. The Kier molecular flexibility index (Phi) is 4.98. The molecule has 1 heterocycles. The van der Waals surface area contributed by atoms with Crippen molar-refractivity contribution >= 4 is 11.9 Å². The maximum absolute atomic E-state index is 14.1. The lowest BCUT2D eigenvalue weighted by Crippen LogP contribution is -2.48. The van der Waals surface area contributed by atoms with Gasteiger partial charge in [-0.3, -0.25) is 4.79 Å². The van der Waals surface area contributed by atoms with Gasteiger partial charge in [0.25, 0.3) is 5.91 Å². The Morgan fingerprint density at radius 3 is 2.48 bits per heavy atom. The first kappa shape index (κ1) is 16.9. The van der Waals surface area contributed by atoms with Crippen molar-refractivity contribution in [3.63, 3.8) is 0 Å². The molecule has 0 saturated carbocycles. The third-order valence-electron chi connectivity index (χ3n) is 3.82. The van der Waals surface area contributed by atoms with Gasteiger partial charge in [0.2, 0.25) is 0 Å². The van der Waals surface area contributed by atoms with Crippen LogP contribution in [0.15, 0.2) is 29.5 Å². The summed E-state index contributed by atoms with van der Waals surface area (Å²) in [5.41, 5.74) is 0.661. The molecule has 1 aliphatic heterocycles. The lowest BCUT2D eigenvalue weighted by atomic mass is 9.94. The molecule has 1 aromatic rings. The summed E-state index contributed by atoms with van der Waals surface area (Å²) in [5, 5.41) is 5.07. The minimum atomic E-state index is -0.961. The number of carbonyl (C=O) groups excluding carboxylic acids is 2. The normalized spacial score (nSPS) is 17.6. The highest BCUT2D eigenvalue weighted by Crippen LogP contribution is 2.30. The first-order chi connectivity index (χ1) is 10.9. The molecule has 0 aromatic heterocycles. The number of nitrogens with zero attached hydrogens (tertiary/aromatic N) is 1. The van der Waals surface area contributed by atoms with Gasteiger partial charge in [-0.15, -0.1) is 0 Å². The first-order valence-electron chi connectivity index (χ1n) is 7.41. The molecular formula is C16H19F2N3O2. The van der Waals surface area contributed by atoms with Crippen LogP contribution in [0.2, 0.25) is 0 Å². The molecule has 3 amide bonds. The highest BCUT2D eigenvalue weighted by molar-refractivity contribution is 5.98. The Morgan fingerprint density at radius 1 is 1.26 bits per heavy atom. The van der Waals surface area contributed by atoms with Gasteiger partial charge in [-0.1, -0.05) is 6.07 Å². The Morgan fingerprint density at radius 2 is 1.91 bits per heavy atom. The number of urea groups is 1. The van der Waals surface area contributed by atoms with Gasteiger partial charge >= 0.3 is 6.03 Å². The number of nitrogens with one attached hydrogen (secondary N) is 2. The molecule has 23 heavy (non-hydrogen) atoms. The molecule has 1 aliphatic rings. The molecule has 0 fully saturated rings. The average Bonchev–Trinajstić information content (AvgIpc) is 2.47. The number of rotatable bonds is 4. The summed E-state index contributed by atoms with van der Waals surface area (Å²) < 4.78 is 27.3. The summed E-state index contributed by atoms with van der Waals surface area (Å²) in [5.74, 6) is -1.83. The molecule has 0 aliphatic carbocycles. The SMILES string of the molecule is CCN(CC)C(=O)C1=C(C)NC(=O)N[C@H]1c1ccc(F)cc1F. The maximum Gasteiger partial charge on any atom is 0.319 e. The largest absolute Gasteiger partial charge is 0.339 e. The monoisotopic (exact) mass is 323 g/mol. The van der Waals surface area contributed by atoms with E-state index in [1.54, 1.807) is 11.8 Å². The lowest BCUT2D eigenvalue weighted by molar-refractivity contribution is -0.127. The molecular weight excluding hydrogens is 304 g/mol. The number of likely N-dealkylation sites (N-methyl/N-ethyl adjacent to an activating group) is 1. The fourth-order valence-corrected chi connectivity index (χ4v) is 2.63. The molecule has 5 nitrogen and oxygen atoms in total. The summed E-state index contributed by atoms with van der Waals surface area (Å²) in [6, 6.07) is 1.58. The summed E-state index contributed by atoms with van der Waals surface area (Å²) in [6.07, 6.45) is 0. The summed E-state index contributed by atoms with van der Waals surface area (Å²) in [6.45, 7) is 6.22. The van der Waals surface area contributed by atoms with Crippen LogP contribution >= 0.6 is 0 Å². The van der Waals surface area contributed by atoms with Crippen LogP contribution in [0.4, 0.5) is 13.6 Å². The molecule has 1 aromatic carbocycles. The van der Waals surface area contributed by atoms with Crippen LogP contribution in [-0.2, 0) is 4.79 Å². The van der Waals surface area contributed by atoms with Crippen LogP contribution in [0.1, 0.15) is 32.4 Å². The van der Waals surface area contributed by atoms with E-state index >= 15 is 0 Å². The number of benzene rings is 1. The van der Waals surface area contributed by atoms with Crippen molar-refractivity contribution in [3.8, 4) is 0 Å². The van der Waals surface area contributed by atoms with Crippen molar-refractivity contribution in [3.05, 3.63) is 46.7 Å². The van der Waals surface area contributed by atoms with E-state index < -0.39 is 23.7 Å². The number of hydrogen-bond donors (Lipinski definition) is 2. The number of amides is 3. The highest BCUT2D eigenvalue weighted by atomic mass is 19.1. The molecule has 124 valence electrons. The minimum Gasteiger partial charge on any atom is -0.339 e. The quantitative estimate of drug-likeness (QED) is 0.894. The zero-order valence-electron chi connectivity index (χ0n) is 13.2. The van der Waals surface area contributed by atoms with Gasteiger partial charge in [-0.25, -0.2) is 13.6 Å². The third-order valence-corrected chi connectivity index (χ3v) is 3.82. The van der Waals surface area contributed by atoms with Gasteiger partial charge < -0.3 is 15.5 Å². The Hall–Kier alpha value is -2.44. The molecule has 2 N–H and O–H groups in total. The van der Waals surface area contributed by atoms with Crippen LogP contribution in [-0.4, -0.2) is 29.9 Å². The lowest BCUT2D eigenvalue weighted by Gasteiger charge is -2.31. The Labute approximate surface area is 133 Å². The van der Waals surface area contributed by atoms with Crippen molar-refractivity contribution in [2.24, 2.45) is 0 Å². The van der Waals surface area contributed by atoms with Gasteiger partial charge in [0.1, 0.15) is 11.6 Å². The van der Waals surface area contributed by atoms with Crippen molar-refractivity contribution < 1.29 is 18.4 Å². The van der Waals surface area contributed by atoms with Crippen LogP contribution in [0.25, 0.3) is 0 Å². The molecule has 1 atom stereocenters. The molecule has 2 rings (SSSR count). The van der Waals surface area contributed by atoms with E-state index in [1.807, 2.05) is 13.8 Å². The number of carbonyl (C=O) groups is 2. The zero-order chi connectivity index (χ0) is 17.1. The molecule has 0 spiro atoms. The van der Waals surface area contributed by atoms with E-state index in [1.165, 1.54) is 6.07 Å². The van der Waals surface area contributed by atoms with Gasteiger partial charge in [0.15, 0.2) is 0 Å². The number of allylic oxidation sites excluding steroid dienone is 1. The second-order valence-corrected chi connectivity index (χ2v) is 5.21. The fraction of sp³-hybridized carbons (Fsp3) is 0.375. The molecule has 0 radical (unpaired) electrons. The minimum absolute atomic E-state index is 0.0520. The van der Waals surface area contributed by atoms with E-state index in [-0.39, 0.29) is 17.0 Å². The van der Waals surface area contributed by atoms with Crippen molar-refractivity contribution in [1.82, 2.24) is 15.5 Å². The molecule has 0 unspecified atom stereocenters. The molecule has 0 saturated heterocycles. The number of hydrogen-bond acceptors (Lipinski definition) is 2. The maximum atomic E-state index is 14.1. The van der Waals surface area contributed by atoms with Crippen LogP contribution in [0.5, 0.6) is 0 Å². The van der Waals surface area contributed by atoms with E-state index in [2.05, 4.69) is 10.6 Å². The Balaban J connectivity index is 2.52. The van der Waals surface area contributed by atoms with Crippen molar-refractivity contribution in [2.45, 2.75) is 26.8 Å². The number of halogens is 2. The van der Waals surface area contributed by atoms with Crippen LogP contribution in [0.3, 0.4) is 0 Å². The summed E-state index contributed by atoms with van der Waals surface area (Å²) >= 11 is 0. The fourth-order valence-electron chi connectivity index (χ4n) is 2.63. The zero-order valence-corrected chi connectivity index (χ0v) is 13.2. The predicted molar refractivity (Wildman–Crippen MR) is 81.4 cm³/mol. The van der Waals surface area contributed by atoms with Crippen molar-refractivity contribution in [2.75, 3.05) is 13.1 Å². The predicted octanol–water partition coefficient (Wildman–Crippen LogP) is 2.46. The van der Waals surface area contributed by atoms with Gasteiger partial charge in [0.05, 0.1) is 11.6 Å². The van der Waals surface area contributed by atoms with E-state index in [4.69, 9.17) is 0 Å². The molecule has 7 heteroatoms. The smallest absolute Gasteiger partial charge is 0.319 e. The summed E-state index contributed by atoms with van der Waals surface area (Å²) in [4.78, 5) is 26.0. The second kappa shape index (κ2) is 6.76. The van der Waals surface area contributed by atoms with E-state index in [0.717, 1.165) is 12.1 Å². The highest BCUT2D eigenvalue weighted by Gasteiger charge is 2.34. The first-order valence-corrected chi connectivity index (χ1v) is 7.41. The third kappa shape index (κ3) is 3.33. The van der Waals surface area contributed by atoms with Crippen LogP contribution in [0, 0.1) is 11.6 Å². The van der Waals surface area contributed by atoms with Gasteiger partial charge in [-0.2, -0.15) is 0 Å². The van der Waals surface area contributed by atoms with Crippen LogP contribution < -0.4 is 10.6 Å². The Bertz CT molecular complexity index is 669. The van der Waals surface area contributed by atoms with E-state index in [0.29, 0.717) is 18.8 Å². The molecule has 0 bridgehead atoms. The topological polar surface area (TPSA) is 61.4 Å². The van der Waals surface area contributed by atoms with E-state index in [9.17, 15) is 18.4 Å².